The van der Waals surface area contributed by atoms with E-state index >= 15 is 0 Å². The number of halogens is 3. The fourth-order valence-electron chi connectivity index (χ4n) is 3.60. The third kappa shape index (κ3) is 6.19. The number of ether oxygens (including phenoxy) is 1. The predicted molar refractivity (Wildman–Crippen MR) is 107 cm³/mol. The molecule has 1 saturated heterocycles. The van der Waals surface area contributed by atoms with Gasteiger partial charge < -0.3 is 9.64 Å². The lowest BCUT2D eigenvalue weighted by molar-refractivity contribution is -0.143. The zero-order valence-corrected chi connectivity index (χ0v) is 18.3. The number of nitrogens with zero attached hydrogens (tertiary/aromatic N) is 2. The molecule has 1 amide bonds. The molecule has 7 nitrogen and oxygen atoms in total. The van der Waals surface area contributed by atoms with E-state index in [0.29, 0.717) is 6.54 Å². The molecular weight excluding hydrogens is 437 g/mol. The van der Waals surface area contributed by atoms with Gasteiger partial charge in [0, 0.05) is 24.7 Å². The lowest BCUT2D eigenvalue weighted by Crippen LogP contribution is -2.44. The number of carbonyl (C=O) groups excluding carboxylic acids is 2. The number of sulfone groups is 1. The largest absolute Gasteiger partial charge is 0.501 e. The Morgan fingerprint density at radius 2 is 1.84 bits per heavy atom. The molecule has 1 heterocycles. The molecule has 11 heteroatoms. The van der Waals surface area contributed by atoms with Crippen LogP contribution in [0.2, 0.25) is 0 Å². The van der Waals surface area contributed by atoms with Gasteiger partial charge in [0.25, 0.3) is 15.7 Å². The molecule has 1 atom stereocenters. The van der Waals surface area contributed by atoms with E-state index in [1.54, 1.807) is 6.92 Å². The highest BCUT2D eigenvalue weighted by atomic mass is 32.2. The molecule has 2 rings (SSSR count). The first-order chi connectivity index (χ1) is 14.5. The van der Waals surface area contributed by atoms with Crippen LogP contribution in [0.4, 0.5) is 13.2 Å². The van der Waals surface area contributed by atoms with Crippen LogP contribution < -0.4 is 0 Å². The van der Waals surface area contributed by atoms with Crippen LogP contribution in [0.15, 0.2) is 29.2 Å². The second kappa shape index (κ2) is 10.4. The monoisotopic (exact) mass is 464 g/mol. The van der Waals surface area contributed by atoms with Gasteiger partial charge in [-0.25, -0.2) is 8.42 Å². The molecule has 174 valence electrons. The van der Waals surface area contributed by atoms with Crippen LogP contribution in [0.3, 0.4) is 0 Å². The minimum atomic E-state index is -5.49. The van der Waals surface area contributed by atoms with Gasteiger partial charge in [0.15, 0.2) is 0 Å². The van der Waals surface area contributed by atoms with Crippen LogP contribution in [0.25, 0.3) is 0 Å². The molecule has 1 aromatic rings. The summed E-state index contributed by atoms with van der Waals surface area (Å²) in [5, 5.41) is 0. The number of carbonyl (C=O) groups is 2. The fourth-order valence-corrected chi connectivity index (χ4v) is 4.36. The van der Waals surface area contributed by atoms with Gasteiger partial charge in [0.2, 0.25) is 0 Å². The summed E-state index contributed by atoms with van der Waals surface area (Å²) < 4.78 is 66.2. The quantitative estimate of drug-likeness (QED) is 0.523. The fraction of sp³-hybridized carbons (Fsp3) is 0.600. The van der Waals surface area contributed by atoms with E-state index in [2.05, 4.69) is 4.90 Å². The second-order valence-electron chi connectivity index (χ2n) is 7.20. The van der Waals surface area contributed by atoms with Gasteiger partial charge in [-0.2, -0.15) is 13.2 Å². The average Bonchev–Trinajstić information content (AvgIpc) is 3.17. The van der Waals surface area contributed by atoms with Crippen molar-refractivity contribution in [2.24, 2.45) is 0 Å². The normalized spacial score (nSPS) is 17.5. The molecule has 0 saturated carbocycles. The van der Waals surface area contributed by atoms with Crippen molar-refractivity contribution < 1.29 is 35.9 Å². The van der Waals surface area contributed by atoms with Crippen LogP contribution in [0.5, 0.6) is 0 Å². The Bertz CT molecular complexity index is 872. The number of hydrogen-bond acceptors (Lipinski definition) is 6. The zero-order chi connectivity index (χ0) is 23.2. The molecule has 1 aliphatic rings. The smallest absolute Gasteiger partial charge is 0.466 e. The Morgan fingerprint density at radius 3 is 2.39 bits per heavy atom. The molecule has 1 unspecified atom stereocenters. The first-order valence-electron chi connectivity index (χ1n) is 10.1. The third-order valence-electron chi connectivity index (χ3n) is 5.23. The van der Waals surface area contributed by atoms with Gasteiger partial charge in [0.1, 0.15) is 0 Å². The molecule has 0 radical (unpaired) electrons. The summed E-state index contributed by atoms with van der Waals surface area (Å²) in [4.78, 5) is 27.6. The van der Waals surface area contributed by atoms with Crippen molar-refractivity contribution in [1.82, 2.24) is 9.80 Å². The van der Waals surface area contributed by atoms with Gasteiger partial charge in [-0.15, -0.1) is 0 Å². The number of benzene rings is 1. The highest BCUT2D eigenvalue weighted by Crippen LogP contribution is 2.30. The van der Waals surface area contributed by atoms with E-state index in [-0.39, 0.29) is 31.2 Å². The Hall–Kier alpha value is -2.14. The maximum absolute atomic E-state index is 13.0. The summed E-state index contributed by atoms with van der Waals surface area (Å²) >= 11 is 0. The van der Waals surface area contributed by atoms with Gasteiger partial charge in [-0.3, -0.25) is 14.5 Å². The van der Waals surface area contributed by atoms with Crippen molar-refractivity contribution in [3.63, 3.8) is 0 Å². The summed E-state index contributed by atoms with van der Waals surface area (Å²) in [6, 6.07) is 3.77. The van der Waals surface area contributed by atoms with Crippen molar-refractivity contribution >= 4 is 21.7 Å². The molecule has 0 aliphatic carbocycles. The van der Waals surface area contributed by atoms with Crippen molar-refractivity contribution in [2.45, 2.75) is 49.6 Å². The Morgan fingerprint density at radius 1 is 1.19 bits per heavy atom. The lowest BCUT2D eigenvalue weighted by Gasteiger charge is -2.30. The second-order valence-corrected chi connectivity index (χ2v) is 9.15. The van der Waals surface area contributed by atoms with E-state index in [9.17, 15) is 31.2 Å². The van der Waals surface area contributed by atoms with Gasteiger partial charge >= 0.3 is 11.5 Å². The van der Waals surface area contributed by atoms with E-state index in [1.807, 2.05) is 6.92 Å². The van der Waals surface area contributed by atoms with Crippen molar-refractivity contribution in [1.29, 1.82) is 0 Å². The summed E-state index contributed by atoms with van der Waals surface area (Å²) in [5.74, 6) is -0.936. The van der Waals surface area contributed by atoms with Crippen LogP contribution in [-0.4, -0.2) is 74.4 Å². The molecule has 1 aromatic carbocycles. The van der Waals surface area contributed by atoms with E-state index in [1.165, 1.54) is 4.90 Å². The Kier molecular flexibility index (Phi) is 8.47. The summed E-state index contributed by atoms with van der Waals surface area (Å²) in [5.41, 5.74) is -5.37. The van der Waals surface area contributed by atoms with Crippen LogP contribution in [0, 0.1) is 0 Å². The molecular formula is C20H27F3N2O5S. The first-order valence-corrected chi connectivity index (χ1v) is 11.6. The minimum Gasteiger partial charge on any atom is -0.466 e. The average molecular weight is 465 g/mol. The Labute approximate surface area is 180 Å². The molecule has 0 N–H and O–H groups in total. The summed E-state index contributed by atoms with van der Waals surface area (Å²) in [6.45, 7) is 6.08. The third-order valence-corrected chi connectivity index (χ3v) is 6.73. The van der Waals surface area contributed by atoms with Gasteiger partial charge in [-0.05, 0) is 57.1 Å². The molecule has 0 aromatic heterocycles. The zero-order valence-electron chi connectivity index (χ0n) is 17.5. The number of alkyl halides is 3. The van der Waals surface area contributed by atoms with Crippen molar-refractivity contribution in [2.75, 3.05) is 32.8 Å². The minimum absolute atomic E-state index is 0.0149. The number of likely N-dealkylation sites (N-methyl/N-ethyl adjacent to an activating group) is 1. The number of likely N-dealkylation sites (tertiary alicyclic amines) is 1. The summed E-state index contributed by atoms with van der Waals surface area (Å²) in [7, 11) is -5.49. The Balaban J connectivity index is 2.21. The lowest BCUT2D eigenvalue weighted by atomic mass is 10.1. The SMILES string of the molecule is CCOC(=O)CCN(CC1CCCN1CC)C(=O)c1ccc(S(=O)(=O)C(F)(F)F)cc1. The van der Waals surface area contributed by atoms with Crippen LogP contribution in [-0.2, 0) is 19.4 Å². The molecule has 1 aliphatic heterocycles. The highest BCUT2D eigenvalue weighted by Gasteiger charge is 2.46. The molecule has 31 heavy (non-hydrogen) atoms. The highest BCUT2D eigenvalue weighted by molar-refractivity contribution is 7.92. The van der Waals surface area contributed by atoms with E-state index in [0.717, 1.165) is 50.2 Å². The number of hydrogen-bond donors (Lipinski definition) is 0. The maximum Gasteiger partial charge on any atom is 0.501 e. The molecule has 0 bridgehead atoms. The number of amides is 1. The van der Waals surface area contributed by atoms with Crippen LogP contribution >= 0.6 is 0 Å². The predicted octanol–water partition coefficient (Wildman–Crippen LogP) is 2.86. The first kappa shape index (κ1) is 25.1. The standard InChI is InChI=1S/C20H27F3N2O5S/c1-3-24-12-5-6-16(24)14-25(13-11-18(26)30-4-2)19(27)15-7-9-17(10-8-15)31(28,29)20(21,22)23/h7-10,16H,3-6,11-14H2,1-2H3. The van der Waals surface area contributed by atoms with E-state index < -0.39 is 32.1 Å². The van der Waals surface area contributed by atoms with Gasteiger partial charge in [0.05, 0.1) is 17.9 Å². The molecule has 0 spiro atoms. The van der Waals surface area contributed by atoms with Gasteiger partial charge in [-0.1, -0.05) is 6.92 Å². The van der Waals surface area contributed by atoms with Crippen LogP contribution in [0.1, 0.15) is 43.5 Å². The number of rotatable bonds is 9. The van der Waals surface area contributed by atoms with Crippen molar-refractivity contribution in [3.05, 3.63) is 29.8 Å². The van der Waals surface area contributed by atoms with Crippen molar-refractivity contribution in [3.8, 4) is 0 Å². The summed E-state index contributed by atoms with van der Waals surface area (Å²) in [6.07, 6.45) is 1.86. The topological polar surface area (TPSA) is 84.0 Å². The number of esters is 1. The van der Waals surface area contributed by atoms with E-state index in [4.69, 9.17) is 4.74 Å². The molecule has 1 fully saturated rings. The maximum atomic E-state index is 13.0.